The first-order valence-corrected chi connectivity index (χ1v) is 8.42. The van der Waals surface area contributed by atoms with E-state index in [1.54, 1.807) is 37.6 Å². The van der Waals surface area contributed by atoms with Crippen molar-refractivity contribution in [1.82, 2.24) is 4.98 Å². The zero-order valence-corrected chi connectivity index (χ0v) is 15.0. The van der Waals surface area contributed by atoms with Crippen LogP contribution in [-0.2, 0) is 6.54 Å². The number of methoxy groups -OCH3 is 1. The number of nitrogens with zero attached hydrogens (tertiary/aromatic N) is 1. The molecule has 0 saturated carbocycles. The molecule has 26 heavy (non-hydrogen) atoms. The minimum absolute atomic E-state index is 0.292. The maximum Gasteiger partial charge on any atom is 0.274 e. The molecular weight excluding hydrogens is 350 g/mol. The van der Waals surface area contributed by atoms with Gasteiger partial charge in [0.05, 0.1) is 7.11 Å². The summed E-state index contributed by atoms with van der Waals surface area (Å²) in [4.78, 5) is 16.6. The summed E-state index contributed by atoms with van der Waals surface area (Å²) >= 11 is 6.16. The molecule has 1 amide bonds. The van der Waals surface area contributed by atoms with Crippen molar-refractivity contribution < 1.29 is 9.53 Å². The smallest absolute Gasteiger partial charge is 0.274 e. The molecule has 1 heterocycles. The van der Waals surface area contributed by atoms with E-state index in [-0.39, 0.29) is 5.91 Å². The van der Waals surface area contributed by atoms with Gasteiger partial charge >= 0.3 is 0 Å². The minimum Gasteiger partial charge on any atom is -0.497 e. The van der Waals surface area contributed by atoms with Crippen molar-refractivity contribution in [1.29, 1.82) is 0 Å². The van der Waals surface area contributed by atoms with Crippen molar-refractivity contribution in [3.8, 4) is 5.75 Å². The molecule has 0 unspecified atom stereocenters. The van der Waals surface area contributed by atoms with E-state index in [2.05, 4.69) is 15.6 Å². The van der Waals surface area contributed by atoms with Gasteiger partial charge < -0.3 is 15.4 Å². The van der Waals surface area contributed by atoms with Gasteiger partial charge in [-0.2, -0.15) is 0 Å². The summed E-state index contributed by atoms with van der Waals surface area (Å²) < 4.78 is 5.16. The van der Waals surface area contributed by atoms with E-state index in [1.165, 1.54) is 0 Å². The fourth-order valence-corrected chi connectivity index (χ4v) is 2.60. The Bertz CT molecular complexity index is 915. The molecule has 2 N–H and O–H groups in total. The number of nitrogens with one attached hydrogen (secondary N) is 2. The summed E-state index contributed by atoms with van der Waals surface area (Å²) in [5.41, 5.74) is 2.73. The highest BCUT2D eigenvalue weighted by molar-refractivity contribution is 6.31. The van der Waals surface area contributed by atoms with Crippen LogP contribution in [0.1, 0.15) is 16.1 Å². The molecule has 3 rings (SSSR count). The Morgan fingerprint density at radius 3 is 2.73 bits per heavy atom. The predicted molar refractivity (Wildman–Crippen MR) is 104 cm³/mol. The van der Waals surface area contributed by atoms with Crippen LogP contribution in [0.3, 0.4) is 0 Å². The first kappa shape index (κ1) is 17.8. The van der Waals surface area contributed by atoms with Gasteiger partial charge in [0.1, 0.15) is 11.4 Å². The molecule has 0 bridgehead atoms. The molecular formula is C20H18ClN3O2. The Morgan fingerprint density at radius 2 is 1.92 bits per heavy atom. The van der Waals surface area contributed by atoms with Gasteiger partial charge in [0.2, 0.25) is 0 Å². The monoisotopic (exact) mass is 367 g/mol. The number of hydrogen-bond donors (Lipinski definition) is 2. The predicted octanol–water partition coefficient (Wildman–Crippen LogP) is 4.61. The molecule has 2 aromatic carbocycles. The molecule has 6 heteroatoms. The Hall–Kier alpha value is -3.05. The molecule has 0 spiro atoms. The van der Waals surface area contributed by atoms with E-state index in [4.69, 9.17) is 16.3 Å². The number of pyridine rings is 1. The zero-order chi connectivity index (χ0) is 18.4. The van der Waals surface area contributed by atoms with Gasteiger partial charge in [0.15, 0.2) is 0 Å². The van der Waals surface area contributed by atoms with Crippen LogP contribution in [0.25, 0.3) is 0 Å². The molecule has 0 aliphatic heterocycles. The molecule has 0 fully saturated rings. The summed E-state index contributed by atoms with van der Waals surface area (Å²) in [6, 6.07) is 18.3. The number of benzene rings is 2. The maximum absolute atomic E-state index is 12.4. The molecule has 3 aromatic rings. The average Bonchev–Trinajstić information content (AvgIpc) is 2.68. The second-order valence-electron chi connectivity index (χ2n) is 5.56. The van der Waals surface area contributed by atoms with Crippen molar-refractivity contribution in [3.05, 3.63) is 83.1 Å². The highest BCUT2D eigenvalue weighted by Gasteiger charge is 2.09. The topological polar surface area (TPSA) is 63.2 Å². The lowest BCUT2D eigenvalue weighted by Gasteiger charge is -2.10. The van der Waals surface area contributed by atoms with Crippen molar-refractivity contribution in [3.63, 3.8) is 0 Å². The van der Waals surface area contributed by atoms with Crippen molar-refractivity contribution >= 4 is 28.9 Å². The van der Waals surface area contributed by atoms with Crippen molar-refractivity contribution in [2.75, 3.05) is 17.7 Å². The zero-order valence-electron chi connectivity index (χ0n) is 14.2. The van der Waals surface area contributed by atoms with Gasteiger partial charge in [-0.25, -0.2) is 0 Å². The van der Waals surface area contributed by atoms with Gasteiger partial charge in [-0.3, -0.25) is 9.78 Å². The van der Waals surface area contributed by atoms with Crippen LogP contribution in [0, 0.1) is 0 Å². The highest BCUT2D eigenvalue weighted by Crippen LogP contribution is 2.19. The normalized spacial score (nSPS) is 10.2. The summed E-state index contributed by atoms with van der Waals surface area (Å²) in [5, 5.41) is 6.77. The molecule has 0 saturated heterocycles. The molecule has 0 aliphatic carbocycles. The van der Waals surface area contributed by atoms with E-state index < -0.39 is 0 Å². The number of hydrogen-bond acceptors (Lipinski definition) is 4. The van der Waals surface area contributed by atoms with Gasteiger partial charge in [-0.15, -0.1) is 0 Å². The fraction of sp³-hybridized carbons (Fsp3) is 0.100. The molecule has 0 radical (unpaired) electrons. The average molecular weight is 368 g/mol. The maximum atomic E-state index is 12.4. The van der Waals surface area contributed by atoms with Crippen molar-refractivity contribution in [2.45, 2.75) is 6.54 Å². The van der Waals surface area contributed by atoms with E-state index >= 15 is 0 Å². The Kier molecular flexibility index (Phi) is 5.71. The molecule has 5 nitrogen and oxygen atoms in total. The first-order valence-electron chi connectivity index (χ1n) is 8.04. The van der Waals surface area contributed by atoms with Crippen LogP contribution in [0.2, 0.25) is 5.02 Å². The van der Waals surface area contributed by atoms with Crippen LogP contribution in [0.4, 0.5) is 11.4 Å². The van der Waals surface area contributed by atoms with E-state index in [1.807, 2.05) is 36.4 Å². The quantitative estimate of drug-likeness (QED) is 0.668. The van der Waals surface area contributed by atoms with E-state index in [9.17, 15) is 4.79 Å². The SMILES string of the molecule is COc1cccc(NC(=O)c2cc(NCc3ccccc3Cl)ccn2)c1. The number of carbonyl (C=O) groups is 1. The number of amides is 1. The summed E-state index contributed by atoms with van der Waals surface area (Å²) in [6.07, 6.45) is 1.59. The van der Waals surface area contributed by atoms with Crippen LogP contribution >= 0.6 is 11.6 Å². The second-order valence-corrected chi connectivity index (χ2v) is 5.97. The molecule has 132 valence electrons. The molecule has 1 aromatic heterocycles. The van der Waals surface area contributed by atoms with Gasteiger partial charge in [0, 0.05) is 35.2 Å². The molecule has 0 aliphatic rings. The van der Waals surface area contributed by atoms with Gasteiger partial charge in [0.25, 0.3) is 5.91 Å². The summed E-state index contributed by atoms with van der Waals surface area (Å²) in [5.74, 6) is 0.380. The number of anilines is 2. The van der Waals surface area contributed by atoms with Gasteiger partial charge in [-0.1, -0.05) is 35.9 Å². The van der Waals surface area contributed by atoms with Crippen LogP contribution in [0.5, 0.6) is 5.75 Å². The third-order valence-electron chi connectivity index (χ3n) is 3.76. The third kappa shape index (κ3) is 4.52. The Morgan fingerprint density at radius 1 is 1.08 bits per heavy atom. The van der Waals surface area contributed by atoms with E-state index in [0.717, 1.165) is 11.3 Å². The van der Waals surface area contributed by atoms with Crippen molar-refractivity contribution in [2.24, 2.45) is 0 Å². The Labute approximate surface area is 157 Å². The summed E-state index contributed by atoms with van der Waals surface area (Å²) in [6.45, 7) is 0.556. The van der Waals surface area contributed by atoms with Crippen LogP contribution in [-0.4, -0.2) is 18.0 Å². The number of rotatable bonds is 6. The number of carbonyl (C=O) groups excluding carboxylic acids is 1. The fourth-order valence-electron chi connectivity index (χ4n) is 2.40. The minimum atomic E-state index is -0.292. The van der Waals surface area contributed by atoms with Crippen LogP contribution < -0.4 is 15.4 Å². The third-order valence-corrected chi connectivity index (χ3v) is 4.13. The lowest BCUT2D eigenvalue weighted by Crippen LogP contribution is -2.14. The van der Waals surface area contributed by atoms with Crippen LogP contribution in [0.15, 0.2) is 66.9 Å². The molecule has 0 atom stereocenters. The lowest BCUT2D eigenvalue weighted by molar-refractivity contribution is 0.102. The summed E-state index contributed by atoms with van der Waals surface area (Å²) in [7, 11) is 1.58. The second kappa shape index (κ2) is 8.36. The highest BCUT2D eigenvalue weighted by atomic mass is 35.5. The standard InChI is InChI=1S/C20H18ClN3O2/c1-26-17-7-4-6-16(11-17)24-20(25)19-12-15(9-10-22-19)23-13-14-5-2-3-8-18(14)21/h2-12H,13H2,1H3,(H,22,23)(H,24,25). The lowest BCUT2D eigenvalue weighted by atomic mass is 10.2. The largest absolute Gasteiger partial charge is 0.497 e. The number of ether oxygens (including phenoxy) is 1. The first-order chi connectivity index (χ1) is 12.7. The van der Waals surface area contributed by atoms with E-state index in [0.29, 0.717) is 28.7 Å². The number of halogens is 1. The van der Waals surface area contributed by atoms with Gasteiger partial charge in [-0.05, 0) is 35.9 Å². The Balaban J connectivity index is 1.68. The number of aromatic nitrogens is 1.